The fourth-order valence-corrected chi connectivity index (χ4v) is 3.01. The van der Waals surface area contributed by atoms with Crippen LogP contribution in [0.5, 0.6) is 0 Å². The Hall–Kier alpha value is -0.660. The fourth-order valence-electron chi connectivity index (χ4n) is 2.13. The lowest BCUT2D eigenvalue weighted by Crippen LogP contribution is -2.48. The van der Waals surface area contributed by atoms with Crippen LogP contribution in [0.25, 0.3) is 0 Å². The van der Waals surface area contributed by atoms with Gasteiger partial charge in [-0.2, -0.15) is 0 Å². The largest absolute Gasteiger partial charge is 0.352 e. The highest BCUT2D eigenvalue weighted by atomic mass is 32.2. The zero-order chi connectivity index (χ0) is 13.2. The van der Waals surface area contributed by atoms with Gasteiger partial charge in [-0.15, -0.1) is 0 Å². The van der Waals surface area contributed by atoms with Gasteiger partial charge in [-0.05, 0) is 25.7 Å². The molecule has 1 heterocycles. The average molecular weight is 275 g/mol. The van der Waals surface area contributed by atoms with Gasteiger partial charge in [0.2, 0.25) is 15.9 Å². The van der Waals surface area contributed by atoms with Crippen molar-refractivity contribution in [3.05, 3.63) is 0 Å². The molecule has 0 atom stereocenters. The maximum absolute atomic E-state index is 11.6. The summed E-state index contributed by atoms with van der Waals surface area (Å²) < 4.78 is 24.1. The summed E-state index contributed by atoms with van der Waals surface area (Å²) >= 11 is 0. The molecule has 0 radical (unpaired) electrons. The lowest BCUT2D eigenvalue weighted by atomic mass is 10.1. The molecule has 6 nitrogen and oxygen atoms in total. The summed E-state index contributed by atoms with van der Waals surface area (Å²) in [5.74, 6) is 0.0136. The topological polar surface area (TPSA) is 78.5 Å². The number of nitrogens with one attached hydrogen (secondary N) is 2. The number of amides is 1. The van der Waals surface area contributed by atoms with Gasteiger partial charge in [-0.3, -0.25) is 4.79 Å². The minimum Gasteiger partial charge on any atom is -0.352 e. The van der Waals surface area contributed by atoms with Crippen molar-refractivity contribution in [2.75, 3.05) is 25.9 Å². The van der Waals surface area contributed by atoms with Crippen molar-refractivity contribution >= 4 is 15.9 Å². The Kier molecular flexibility index (Phi) is 4.24. The first-order valence-corrected chi connectivity index (χ1v) is 8.28. The van der Waals surface area contributed by atoms with E-state index in [9.17, 15) is 13.2 Å². The summed E-state index contributed by atoms with van der Waals surface area (Å²) in [6.45, 7) is 1.37. The van der Waals surface area contributed by atoms with Crippen molar-refractivity contribution in [3.8, 4) is 0 Å². The van der Waals surface area contributed by atoms with Gasteiger partial charge in [0.1, 0.15) is 0 Å². The van der Waals surface area contributed by atoms with Crippen LogP contribution in [-0.4, -0.2) is 56.6 Å². The van der Waals surface area contributed by atoms with Gasteiger partial charge in [0.25, 0.3) is 0 Å². The van der Waals surface area contributed by atoms with Crippen molar-refractivity contribution in [2.24, 2.45) is 0 Å². The van der Waals surface area contributed by atoms with Gasteiger partial charge in [0.05, 0.1) is 12.8 Å². The van der Waals surface area contributed by atoms with Crippen LogP contribution in [0.1, 0.15) is 25.7 Å². The lowest BCUT2D eigenvalue weighted by molar-refractivity contribution is -0.121. The lowest BCUT2D eigenvalue weighted by Gasteiger charge is -2.30. The summed E-state index contributed by atoms with van der Waals surface area (Å²) in [5.41, 5.74) is 0. The standard InChI is InChI=1S/C11H21N3O3S/c1-18(16,17)14-6-4-10(5-7-14)13-11(15)8-12-9-2-3-9/h9-10,12H,2-8H2,1H3,(H,13,15). The van der Waals surface area contributed by atoms with E-state index < -0.39 is 10.0 Å². The summed E-state index contributed by atoms with van der Waals surface area (Å²) in [6.07, 6.45) is 4.95. The van der Waals surface area contributed by atoms with E-state index in [4.69, 9.17) is 0 Å². The monoisotopic (exact) mass is 275 g/mol. The molecule has 1 aliphatic heterocycles. The Morgan fingerprint density at radius 2 is 1.78 bits per heavy atom. The molecule has 1 saturated carbocycles. The quantitative estimate of drug-likeness (QED) is 0.694. The Labute approximate surface area is 108 Å². The molecule has 0 unspecified atom stereocenters. The van der Waals surface area contributed by atoms with Crippen LogP contribution in [0.3, 0.4) is 0 Å². The van der Waals surface area contributed by atoms with Gasteiger partial charge >= 0.3 is 0 Å². The van der Waals surface area contributed by atoms with E-state index in [0.717, 1.165) is 0 Å². The SMILES string of the molecule is CS(=O)(=O)N1CCC(NC(=O)CNC2CC2)CC1. The third-order valence-corrected chi connectivity index (χ3v) is 4.72. The van der Waals surface area contributed by atoms with Crippen LogP contribution in [0, 0.1) is 0 Å². The molecule has 1 saturated heterocycles. The van der Waals surface area contributed by atoms with Crippen molar-refractivity contribution in [2.45, 2.75) is 37.8 Å². The molecule has 0 bridgehead atoms. The molecular weight excluding hydrogens is 254 g/mol. The summed E-state index contributed by atoms with van der Waals surface area (Å²) in [4.78, 5) is 11.6. The fraction of sp³-hybridized carbons (Fsp3) is 0.909. The second-order valence-electron chi connectivity index (χ2n) is 5.16. The molecule has 1 aliphatic carbocycles. The predicted octanol–water partition coefficient (Wildman–Crippen LogP) is -0.721. The van der Waals surface area contributed by atoms with Gasteiger partial charge < -0.3 is 10.6 Å². The number of hydrogen-bond acceptors (Lipinski definition) is 4. The van der Waals surface area contributed by atoms with Gasteiger partial charge in [-0.1, -0.05) is 0 Å². The maximum atomic E-state index is 11.6. The second-order valence-corrected chi connectivity index (χ2v) is 7.14. The zero-order valence-corrected chi connectivity index (χ0v) is 11.5. The highest BCUT2D eigenvalue weighted by Gasteiger charge is 2.26. The van der Waals surface area contributed by atoms with Crippen molar-refractivity contribution < 1.29 is 13.2 Å². The third-order valence-electron chi connectivity index (χ3n) is 3.42. The number of sulfonamides is 1. The number of nitrogens with zero attached hydrogens (tertiary/aromatic N) is 1. The van der Waals surface area contributed by atoms with Crippen LogP contribution in [0.15, 0.2) is 0 Å². The number of carbonyl (C=O) groups excluding carboxylic acids is 1. The molecule has 2 N–H and O–H groups in total. The Morgan fingerprint density at radius 1 is 1.17 bits per heavy atom. The predicted molar refractivity (Wildman–Crippen MR) is 68.6 cm³/mol. The van der Waals surface area contributed by atoms with Crippen LogP contribution < -0.4 is 10.6 Å². The number of carbonyl (C=O) groups is 1. The Bertz CT molecular complexity index is 398. The van der Waals surface area contributed by atoms with Crippen molar-refractivity contribution in [1.82, 2.24) is 14.9 Å². The maximum Gasteiger partial charge on any atom is 0.234 e. The molecule has 2 fully saturated rings. The molecule has 2 rings (SSSR count). The molecule has 1 amide bonds. The molecule has 2 aliphatic rings. The number of piperidine rings is 1. The summed E-state index contributed by atoms with van der Waals surface area (Å²) in [6, 6.07) is 0.638. The van der Waals surface area contributed by atoms with Gasteiger partial charge in [0.15, 0.2) is 0 Å². The van der Waals surface area contributed by atoms with E-state index in [1.54, 1.807) is 0 Å². The highest BCUT2D eigenvalue weighted by molar-refractivity contribution is 7.88. The minimum atomic E-state index is -3.08. The van der Waals surface area contributed by atoms with E-state index in [-0.39, 0.29) is 11.9 Å². The van der Waals surface area contributed by atoms with E-state index >= 15 is 0 Å². The molecule has 0 aromatic rings. The third kappa shape index (κ3) is 4.22. The van der Waals surface area contributed by atoms with Gasteiger partial charge in [-0.25, -0.2) is 12.7 Å². The molecule has 0 aromatic carbocycles. The molecule has 18 heavy (non-hydrogen) atoms. The van der Waals surface area contributed by atoms with Gasteiger partial charge in [0, 0.05) is 25.2 Å². The summed E-state index contributed by atoms with van der Waals surface area (Å²) in [5, 5.41) is 6.11. The van der Waals surface area contributed by atoms with E-state index in [1.807, 2.05) is 0 Å². The van der Waals surface area contributed by atoms with E-state index in [2.05, 4.69) is 10.6 Å². The van der Waals surface area contributed by atoms with E-state index in [1.165, 1.54) is 23.4 Å². The number of rotatable bonds is 5. The Morgan fingerprint density at radius 3 is 2.28 bits per heavy atom. The summed E-state index contributed by atoms with van der Waals surface area (Å²) in [7, 11) is -3.08. The molecule has 0 aromatic heterocycles. The van der Waals surface area contributed by atoms with Crippen LogP contribution in [0.2, 0.25) is 0 Å². The first-order chi connectivity index (χ1) is 8.45. The van der Waals surface area contributed by atoms with Crippen molar-refractivity contribution in [3.63, 3.8) is 0 Å². The Balaban J connectivity index is 1.67. The van der Waals surface area contributed by atoms with E-state index in [0.29, 0.717) is 38.5 Å². The molecule has 0 spiro atoms. The van der Waals surface area contributed by atoms with Crippen LogP contribution >= 0.6 is 0 Å². The first-order valence-electron chi connectivity index (χ1n) is 6.43. The normalized spacial score (nSPS) is 22.9. The minimum absolute atomic E-state index is 0.0136. The number of hydrogen-bond donors (Lipinski definition) is 2. The highest BCUT2D eigenvalue weighted by Crippen LogP contribution is 2.18. The zero-order valence-electron chi connectivity index (χ0n) is 10.7. The molecule has 7 heteroatoms. The second kappa shape index (κ2) is 5.54. The van der Waals surface area contributed by atoms with Crippen LogP contribution in [0.4, 0.5) is 0 Å². The average Bonchev–Trinajstić information content (AvgIpc) is 3.09. The molecular formula is C11H21N3O3S. The smallest absolute Gasteiger partial charge is 0.234 e. The first kappa shape index (κ1) is 13.8. The molecule has 104 valence electrons. The van der Waals surface area contributed by atoms with Crippen LogP contribution in [-0.2, 0) is 14.8 Å². The van der Waals surface area contributed by atoms with Crippen molar-refractivity contribution in [1.29, 1.82) is 0 Å².